The Bertz CT molecular complexity index is 426. The van der Waals surface area contributed by atoms with E-state index in [1.807, 2.05) is 6.07 Å². The van der Waals surface area contributed by atoms with E-state index >= 15 is 0 Å². The lowest BCUT2D eigenvalue weighted by Gasteiger charge is -2.47. The van der Waals surface area contributed by atoms with Crippen LogP contribution in [0.2, 0.25) is 0 Å². The second-order valence-electron chi connectivity index (χ2n) is 5.62. The Morgan fingerprint density at radius 1 is 1.39 bits per heavy atom. The summed E-state index contributed by atoms with van der Waals surface area (Å²) in [4.78, 5) is 2.36. The van der Waals surface area contributed by atoms with Crippen LogP contribution in [0.25, 0.3) is 0 Å². The minimum Gasteiger partial charge on any atom is -0.493 e. The highest BCUT2D eigenvalue weighted by Gasteiger charge is 2.40. The molecule has 1 fully saturated rings. The molecule has 1 aromatic carbocycles. The van der Waals surface area contributed by atoms with E-state index in [4.69, 9.17) is 4.74 Å². The molecule has 1 aromatic rings. The number of hydrogen-bond acceptors (Lipinski definition) is 3. The molecule has 2 heterocycles. The first-order valence-corrected chi connectivity index (χ1v) is 6.87. The molecule has 0 bridgehead atoms. The van der Waals surface area contributed by atoms with Gasteiger partial charge in [-0.05, 0) is 24.5 Å². The van der Waals surface area contributed by atoms with E-state index in [1.54, 1.807) is 0 Å². The van der Waals surface area contributed by atoms with Gasteiger partial charge in [-0.15, -0.1) is 0 Å². The highest BCUT2D eigenvalue weighted by Crippen LogP contribution is 2.35. The van der Waals surface area contributed by atoms with Gasteiger partial charge in [0, 0.05) is 25.6 Å². The van der Waals surface area contributed by atoms with Gasteiger partial charge < -0.3 is 9.84 Å². The van der Waals surface area contributed by atoms with E-state index < -0.39 is 5.60 Å². The number of rotatable bonds is 3. The molecule has 1 N–H and O–H groups in total. The van der Waals surface area contributed by atoms with Gasteiger partial charge in [0.25, 0.3) is 0 Å². The third-order valence-corrected chi connectivity index (χ3v) is 4.26. The molecule has 0 amide bonds. The van der Waals surface area contributed by atoms with Crippen LogP contribution >= 0.6 is 0 Å². The zero-order chi connectivity index (χ0) is 12.6. The SMILES string of the molecule is CCC1(O)CN(CC2CCOc3ccccc32)C1. The summed E-state index contributed by atoms with van der Waals surface area (Å²) in [6, 6.07) is 8.34. The molecular weight excluding hydrogens is 226 g/mol. The lowest BCUT2D eigenvalue weighted by Crippen LogP contribution is -2.62. The number of fused-ring (bicyclic) bond motifs is 1. The molecular formula is C15H21NO2. The van der Waals surface area contributed by atoms with Crippen LogP contribution in [0.15, 0.2) is 24.3 Å². The summed E-state index contributed by atoms with van der Waals surface area (Å²) >= 11 is 0. The van der Waals surface area contributed by atoms with Crippen molar-refractivity contribution in [3.05, 3.63) is 29.8 Å². The zero-order valence-corrected chi connectivity index (χ0v) is 10.9. The van der Waals surface area contributed by atoms with Crippen LogP contribution in [0.5, 0.6) is 5.75 Å². The third kappa shape index (κ3) is 2.13. The minimum atomic E-state index is -0.426. The van der Waals surface area contributed by atoms with Crippen LogP contribution in [0, 0.1) is 0 Å². The van der Waals surface area contributed by atoms with Crippen molar-refractivity contribution in [3.63, 3.8) is 0 Å². The first-order valence-electron chi connectivity index (χ1n) is 6.87. The van der Waals surface area contributed by atoms with Gasteiger partial charge >= 0.3 is 0 Å². The highest BCUT2D eigenvalue weighted by molar-refractivity contribution is 5.38. The Morgan fingerprint density at radius 3 is 2.94 bits per heavy atom. The molecule has 0 aromatic heterocycles. The van der Waals surface area contributed by atoms with Crippen LogP contribution in [-0.4, -0.2) is 41.8 Å². The normalized spacial score (nSPS) is 26.0. The molecule has 0 saturated carbocycles. The van der Waals surface area contributed by atoms with E-state index in [0.717, 1.165) is 44.8 Å². The van der Waals surface area contributed by atoms with Crippen molar-refractivity contribution in [2.75, 3.05) is 26.2 Å². The summed E-state index contributed by atoms with van der Waals surface area (Å²) in [5.41, 5.74) is 0.903. The molecule has 0 spiro atoms. The average molecular weight is 247 g/mol. The van der Waals surface area contributed by atoms with Gasteiger partial charge in [0.05, 0.1) is 12.2 Å². The summed E-state index contributed by atoms with van der Waals surface area (Å²) < 4.78 is 5.68. The second kappa shape index (κ2) is 4.56. The molecule has 2 aliphatic rings. The molecule has 18 heavy (non-hydrogen) atoms. The molecule has 3 nitrogen and oxygen atoms in total. The van der Waals surface area contributed by atoms with E-state index in [1.165, 1.54) is 5.56 Å². The smallest absolute Gasteiger partial charge is 0.122 e. The number of β-amino-alcohol motifs (C(OH)–C–C–N with tert-alkyl or cyclic N) is 1. The van der Waals surface area contributed by atoms with Crippen molar-refractivity contribution in [3.8, 4) is 5.75 Å². The van der Waals surface area contributed by atoms with Gasteiger partial charge in [-0.2, -0.15) is 0 Å². The monoisotopic (exact) mass is 247 g/mol. The molecule has 1 saturated heterocycles. The van der Waals surface area contributed by atoms with Crippen LogP contribution < -0.4 is 4.74 Å². The van der Waals surface area contributed by atoms with Crippen molar-refractivity contribution in [2.24, 2.45) is 0 Å². The summed E-state index contributed by atoms with van der Waals surface area (Å²) in [5, 5.41) is 10.0. The van der Waals surface area contributed by atoms with Crippen molar-refractivity contribution in [2.45, 2.75) is 31.3 Å². The van der Waals surface area contributed by atoms with E-state index in [2.05, 4.69) is 30.0 Å². The predicted octanol–water partition coefficient (Wildman–Crippen LogP) is 2.01. The Kier molecular flexibility index (Phi) is 3.04. The lowest BCUT2D eigenvalue weighted by atomic mass is 9.87. The molecule has 3 heteroatoms. The maximum absolute atomic E-state index is 10.0. The topological polar surface area (TPSA) is 32.7 Å². The summed E-state index contributed by atoms with van der Waals surface area (Å²) in [6.07, 6.45) is 1.94. The second-order valence-corrected chi connectivity index (χ2v) is 5.62. The van der Waals surface area contributed by atoms with Crippen molar-refractivity contribution < 1.29 is 9.84 Å². The zero-order valence-electron chi connectivity index (χ0n) is 10.9. The average Bonchev–Trinajstić information content (AvgIpc) is 2.37. The number of likely N-dealkylation sites (tertiary alicyclic amines) is 1. The van der Waals surface area contributed by atoms with Gasteiger partial charge in [-0.3, -0.25) is 4.90 Å². The maximum atomic E-state index is 10.0. The fraction of sp³-hybridized carbons (Fsp3) is 0.600. The van der Waals surface area contributed by atoms with Gasteiger partial charge in [0.15, 0.2) is 0 Å². The number of aliphatic hydroxyl groups is 1. The number of ether oxygens (including phenoxy) is 1. The van der Waals surface area contributed by atoms with Crippen LogP contribution in [0.1, 0.15) is 31.2 Å². The quantitative estimate of drug-likeness (QED) is 0.887. The number of para-hydroxylation sites is 1. The Morgan fingerprint density at radius 2 is 2.17 bits per heavy atom. The molecule has 1 unspecified atom stereocenters. The Balaban J connectivity index is 1.65. The highest BCUT2D eigenvalue weighted by atomic mass is 16.5. The maximum Gasteiger partial charge on any atom is 0.122 e. The fourth-order valence-corrected chi connectivity index (χ4v) is 3.06. The van der Waals surface area contributed by atoms with Crippen LogP contribution in [0.3, 0.4) is 0 Å². The molecule has 98 valence electrons. The molecule has 2 aliphatic heterocycles. The summed E-state index contributed by atoms with van der Waals surface area (Å²) in [7, 11) is 0. The summed E-state index contributed by atoms with van der Waals surface area (Å²) in [6.45, 7) is 5.56. The van der Waals surface area contributed by atoms with Crippen LogP contribution in [-0.2, 0) is 0 Å². The van der Waals surface area contributed by atoms with E-state index in [-0.39, 0.29) is 0 Å². The van der Waals surface area contributed by atoms with E-state index in [9.17, 15) is 5.11 Å². The van der Waals surface area contributed by atoms with Crippen molar-refractivity contribution >= 4 is 0 Å². The lowest BCUT2D eigenvalue weighted by molar-refractivity contribution is -0.102. The first-order chi connectivity index (χ1) is 8.70. The number of hydrogen-bond donors (Lipinski definition) is 1. The number of benzene rings is 1. The van der Waals surface area contributed by atoms with Crippen molar-refractivity contribution in [1.82, 2.24) is 4.90 Å². The number of nitrogens with zero attached hydrogens (tertiary/aromatic N) is 1. The van der Waals surface area contributed by atoms with Gasteiger partial charge in [0.1, 0.15) is 5.75 Å². The van der Waals surface area contributed by atoms with Gasteiger partial charge in [-0.25, -0.2) is 0 Å². The fourth-order valence-electron chi connectivity index (χ4n) is 3.06. The first kappa shape index (κ1) is 12.0. The molecule has 0 radical (unpaired) electrons. The molecule has 3 rings (SSSR count). The van der Waals surface area contributed by atoms with Gasteiger partial charge in [0.2, 0.25) is 0 Å². The van der Waals surface area contributed by atoms with E-state index in [0.29, 0.717) is 5.92 Å². The standard InChI is InChI=1S/C15H21NO2/c1-2-15(17)10-16(11-15)9-12-7-8-18-14-6-4-3-5-13(12)14/h3-6,12,17H,2,7-11H2,1H3. The van der Waals surface area contributed by atoms with Crippen molar-refractivity contribution in [1.29, 1.82) is 0 Å². The predicted molar refractivity (Wildman–Crippen MR) is 71.0 cm³/mol. The minimum absolute atomic E-state index is 0.426. The largest absolute Gasteiger partial charge is 0.493 e. The Hall–Kier alpha value is -1.06. The molecule has 0 aliphatic carbocycles. The molecule has 1 atom stereocenters. The summed E-state index contributed by atoms with van der Waals surface area (Å²) in [5.74, 6) is 1.59. The third-order valence-electron chi connectivity index (χ3n) is 4.26. The Labute approximate surface area is 108 Å². The van der Waals surface area contributed by atoms with Gasteiger partial charge in [-0.1, -0.05) is 25.1 Å². The van der Waals surface area contributed by atoms with Crippen LogP contribution in [0.4, 0.5) is 0 Å².